The van der Waals surface area contributed by atoms with Crippen LogP contribution in [0.5, 0.6) is 11.5 Å². The van der Waals surface area contributed by atoms with Crippen molar-refractivity contribution in [1.82, 2.24) is 5.32 Å². The van der Waals surface area contributed by atoms with Crippen LogP contribution in [0.3, 0.4) is 0 Å². The van der Waals surface area contributed by atoms with Gasteiger partial charge in [0.2, 0.25) is 5.91 Å². The molecule has 0 saturated carbocycles. The third-order valence-electron chi connectivity index (χ3n) is 5.06. The number of amides is 2. The van der Waals surface area contributed by atoms with Crippen molar-refractivity contribution >= 4 is 23.3 Å². The molecular weight excluding hydrogens is 396 g/mol. The van der Waals surface area contributed by atoms with Gasteiger partial charge in [0, 0.05) is 25.1 Å². The topological polar surface area (TPSA) is 84.9 Å². The Balaban J connectivity index is 1.68. The van der Waals surface area contributed by atoms with Gasteiger partial charge in [0.1, 0.15) is 11.5 Å². The van der Waals surface area contributed by atoms with Crippen LogP contribution in [0.4, 0.5) is 5.69 Å². The first-order valence-corrected chi connectivity index (χ1v) is 10.6. The minimum absolute atomic E-state index is 0.0448. The maximum atomic E-state index is 12.7. The molecule has 0 fully saturated rings. The molecule has 31 heavy (non-hydrogen) atoms. The molecule has 164 valence electrons. The number of aryl methyl sites for hydroxylation is 1. The summed E-state index contributed by atoms with van der Waals surface area (Å²) >= 11 is 0. The molecule has 1 aliphatic heterocycles. The highest BCUT2D eigenvalue weighted by Crippen LogP contribution is 2.33. The molecule has 2 aromatic carbocycles. The average Bonchev–Trinajstić information content (AvgIpc) is 2.79. The number of Topliss-reactive ketones (excluding diaryl/α,β-unsaturated/α-hetero) is 1. The molecule has 0 aromatic heterocycles. The Bertz CT molecular complexity index is 957. The Hall–Kier alpha value is -3.35. The molecule has 1 heterocycles. The van der Waals surface area contributed by atoms with Gasteiger partial charge in [-0.2, -0.15) is 0 Å². The average molecular weight is 424 g/mol. The first-order chi connectivity index (χ1) is 15.0. The van der Waals surface area contributed by atoms with Crippen molar-refractivity contribution in [3.05, 3.63) is 53.6 Å². The van der Waals surface area contributed by atoms with Crippen LogP contribution < -0.4 is 19.7 Å². The van der Waals surface area contributed by atoms with Crippen LogP contribution >= 0.6 is 0 Å². The van der Waals surface area contributed by atoms with Crippen molar-refractivity contribution in [2.24, 2.45) is 0 Å². The highest BCUT2D eigenvalue weighted by atomic mass is 16.5. The zero-order valence-corrected chi connectivity index (χ0v) is 18.0. The molecule has 0 unspecified atom stereocenters. The summed E-state index contributed by atoms with van der Waals surface area (Å²) in [5, 5.41) is 2.75. The number of hydrogen-bond donors (Lipinski definition) is 1. The number of fused-ring (bicyclic) bond motifs is 1. The molecule has 7 heteroatoms. The van der Waals surface area contributed by atoms with Crippen molar-refractivity contribution in [1.29, 1.82) is 0 Å². The van der Waals surface area contributed by atoms with E-state index in [-0.39, 0.29) is 30.8 Å². The van der Waals surface area contributed by atoms with E-state index in [1.807, 2.05) is 31.2 Å². The van der Waals surface area contributed by atoms with E-state index in [0.717, 1.165) is 12.0 Å². The SMILES string of the molecule is CCNC(=O)CCCN1C(=O)COc2ccc(C(=O)COc3cccc(CC)c3)cc21. The van der Waals surface area contributed by atoms with Gasteiger partial charge in [-0.05, 0) is 55.7 Å². The molecule has 2 aromatic rings. The largest absolute Gasteiger partial charge is 0.485 e. The predicted molar refractivity (Wildman–Crippen MR) is 118 cm³/mol. The molecule has 3 rings (SSSR count). The van der Waals surface area contributed by atoms with Gasteiger partial charge in [0.25, 0.3) is 5.91 Å². The normalized spacial score (nSPS) is 12.7. The lowest BCUT2D eigenvalue weighted by Crippen LogP contribution is -2.40. The zero-order valence-electron chi connectivity index (χ0n) is 18.0. The Morgan fingerprint density at radius 2 is 2.00 bits per heavy atom. The van der Waals surface area contributed by atoms with Gasteiger partial charge in [0.15, 0.2) is 19.0 Å². The number of nitrogens with zero attached hydrogens (tertiary/aromatic N) is 1. The molecule has 0 bridgehead atoms. The van der Waals surface area contributed by atoms with E-state index in [1.54, 1.807) is 23.1 Å². The Labute approximate surface area is 182 Å². The number of ketones is 1. The number of anilines is 1. The Morgan fingerprint density at radius 3 is 2.77 bits per heavy atom. The summed E-state index contributed by atoms with van der Waals surface area (Å²) in [7, 11) is 0. The van der Waals surface area contributed by atoms with Crippen LogP contribution in [-0.2, 0) is 16.0 Å². The fraction of sp³-hybridized carbons (Fsp3) is 0.375. The molecule has 2 amide bonds. The first kappa shape index (κ1) is 22.3. The molecule has 0 spiro atoms. The van der Waals surface area contributed by atoms with E-state index in [1.165, 1.54) is 0 Å². The van der Waals surface area contributed by atoms with Crippen LogP contribution in [-0.4, -0.2) is 43.9 Å². The van der Waals surface area contributed by atoms with Gasteiger partial charge in [0.05, 0.1) is 5.69 Å². The summed E-state index contributed by atoms with van der Waals surface area (Å²) in [5.41, 5.74) is 2.13. The van der Waals surface area contributed by atoms with E-state index in [2.05, 4.69) is 12.2 Å². The van der Waals surface area contributed by atoms with Crippen LogP contribution in [0.25, 0.3) is 0 Å². The van der Waals surface area contributed by atoms with Gasteiger partial charge < -0.3 is 19.7 Å². The maximum absolute atomic E-state index is 12.7. The van der Waals surface area contributed by atoms with E-state index in [0.29, 0.717) is 48.7 Å². The van der Waals surface area contributed by atoms with Crippen molar-refractivity contribution < 1.29 is 23.9 Å². The van der Waals surface area contributed by atoms with Gasteiger partial charge in [-0.3, -0.25) is 14.4 Å². The minimum Gasteiger partial charge on any atom is -0.485 e. The third kappa shape index (κ3) is 5.84. The van der Waals surface area contributed by atoms with Crippen molar-refractivity contribution in [3.63, 3.8) is 0 Å². The second-order valence-electron chi connectivity index (χ2n) is 7.29. The monoisotopic (exact) mass is 424 g/mol. The van der Waals surface area contributed by atoms with E-state index in [9.17, 15) is 14.4 Å². The number of hydrogen-bond acceptors (Lipinski definition) is 5. The summed E-state index contributed by atoms with van der Waals surface area (Å²) in [6.07, 6.45) is 1.74. The Morgan fingerprint density at radius 1 is 1.16 bits per heavy atom. The smallest absolute Gasteiger partial charge is 0.265 e. The summed E-state index contributed by atoms with van der Waals surface area (Å²) in [6, 6.07) is 12.7. The second kappa shape index (κ2) is 10.6. The van der Waals surface area contributed by atoms with Crippen LogP contribution in [0.15, 0.2) is 42.5 Å². The highest BCUT2D eigenvalue weighted by molar-refractivity contribution is 6.02. The van der Waals surface area contributed by atoms with Crippen molar-refractivity contribution in [3.8, 4) is 11.5 Å². The molecule has 0 radical (unpaired) electrons. The number of rotatable bonds is 10. The molecular formula is C24H28N2O5. The first-order valence-electron chi connectivity index (χ1n) is 10.6. The van der Waals surface area contributed by atoms with E-state index in [4.69, 9.17) is 9.47 Å². The zero-order chi connectivity index (χ0) is 22.2. The summed E-state index contributed by atoms with van der Waals surface area (Å²) in [4.78, 5) is 38.4. The summed E-state index contributed by atoms with van der Waals surface area (Å²) in [6.45, 7) is 4.72. The van der Waals surface area contributed by atoms with E-state index < -0.39 is 0 Å². The van der Waals surface area contributed by atoms with Crippen molar-refractivity contribution in [2.45, 2.75) is 33.1 Å². The quantitative estimate of drug-likeness (QED) is 0.592. The highest BCUT2D eigenvalue weighted by Gasteiger charge is 2.26. The number of nitrogens with one attached hydrogen (secondary N) is 1. The maximum Gasteiger partial charge on any atom is 0.265 e. The van der Waals surface area contributed by atoms with Crippen LogP contribution in [0.1, 0.15) is 42.6 Å². The molecule has 1 N–H and O–H groups in total. The molecule has 0 saturated heterocycles. The number of carbonyl (C=O) groups excluding carboxylic acids is 3. The van der Waals surface area contributed by atoms with Crippen molar-refractivity contribution in [2.75, 3.05) is 31.2 Å². The van der Waals surface area contributed by atoms with Gasteiger partial charge in [-0.25, -0.2) is 0 Å². The molecule has 7 nitrogen and oxygen atoms in total. The standard InChI is InChI=1S/C24H28N2O5/c1-3-17-7-5-8-19(13-17)30-15-21(27)18-10-11-22-20(14-18)26(24(29)16-31-22)12-6-9-23(28)25-4-2/h5,7-8,10-11,13-14H,3-4,6,9,12,15-16H2,1-2H3,(H,25,28). The summed E-state index contributed by atoms with van der Waals surface area (Å²) in [5.74, 6) is 0.768. The minimum atomic E-state index is -0.194. The number of benzene rings is 2. The van der Waals surface area contributed by atoms with Gasteiger partial charge >= 0.3 is 0 Å². The summed E-state index contributed by atoms with van der Waals surface area (Å²) < 4.78 is 11.2. The molecule has 0 atom stereocenters. The lowest BCUT2D eigenvalue weighted by atomic mass is 10.1. The lowest BCUT2D eigenvalue weighted by molar-refractivity contribution is -0.122. The fourth-order valence-electron chi connectivity index (χ4n) is 3.39. The fourth-order valence-corrected chi connectivity index (χ4v) is 3.39. The predicted octanol–water partition coefficient (Wildman–Crippen LogP) is 3.15. The molecule has 0 aliphatic carbocycles. The lowest BCUT2D eigenvalue weighted by Gasteiger charge is -2.29. The number of ether oxygens (including phenoxy) is 2. The van der Waals surface area contributed by atoms with E-state index >= 15 is 0 Å². The third-order valence-corrected chi connectivity index (χ3v) is 5.06. The molecule has 1 aliphatic rings. The second-order valence-corrected chi connectivity index (χ2v) is 7.29. The van der Waals surface area contributed by atoms with Crippen LogP contribution in [0.2, 0.25) is 0 Å². The van der Waals surface area contributed by atoms with Crippen LogP contribution in [0, 0.1) is 0 Å². The number of carbonyl (C=O) groups is 3. The Kier molecular flexibility index (Phi) is 7.65. The van der Waals surface area contributed by atoms with Gasteiger partial charge in [-0.15, -0.1) is 0 Å². The van der Waals surface area contributed by atoms with Gasteiger partial charge in [-0.1, -0.05) is 19.1 Å².